The minimum atomic E-state index is -0.0598. The summed E-state index contributed by atoms with van der Waals surface area (Å²) in [5.74, 6) is 0. The summed E-state index contributed by atoms with van der Waals surface area (Å²) >= 11 is 5.72. The second-order valence-electron chi connectivity index (χ2n) is 8.45. The average molecular weight is 430 g/mol. The van der Waals surface area contributed by atoms with E-state index in [1.807, 2.05) is 19.1 Å². The van der Waals surface area contributed by atoms with Crippen LogP contribution < -0.4 is 10.9 Å². The summed E-state index contributed by atoms with van der Waals surface area (Å²) in [6.45, 7) is 7.55. The molecule has 3 heterocycles. The van der Waals surface area contributed by atoms with Gasteiger partial charge >= 0.3 is 0 Å². The Balaban J connectivity index is 1.55. The Morgan fingerprint density at radius 2 is 1.87 bits per heavy atom. The highest BCUT2D eigenvalue weighted by atomic mass is 32.1. The molecule has 2 atom stereocenters. The van der Waals surface area contributed by atoms with Crippen molar-refractivity contribution in [3.05, 3.63) is 45.2 Å². The first-order chi connectivity index (χ1) is 14.5. The topological polar surface area (TPSA) is 66.6 Å². The number of hydrogen-bond donors (Lipinski definition) is 2. The third-order valence-corrected chi connectivity index (χ3v) is 6.52. The van der Waals surface area contributed by atoms with Crippen LogP contribution in [0.1, 0.15) is 42.4 Å². The molecule has 2 saturated heterocycles. The second kappa shape index (κ2) is 9.45. The molecule has 0 aliphatic carbocycles. The maximum atomic E-state index is 12.9. The Morgan fingerprint density at radius 3 is 2.57 bits per heavy atom. The van der Waals surface area contributed by atoms with Gasteiger partial charge in [0.2, 0.25) is 0 Å². The predicted molar refractivity (Wildman–Crippen MR) is 123 cm³/mol. The normalized spacial score (nSPS) is 21.3. The number of hydrogen-bond acceptors (Lipinski definition) is 4. The van der Waals surface area contributed by atoms with Crippen molar-refractivity contribution in [2.75, 3.05) is 26.3 Å². The second-order valence-corrected chi connectivity index (χ2v) is 8.84. The number of ether oxygens (including phenoxy) is 2. The molecule has 30 heavy (non-hydrogen) atoms. The van der Waals surface area contributed by atoms with Gasteiger partial charge in [-0.2, -0.15) is 0 Å². The van der Waals surface area contributed by atoms with Crippen molar-refractivity contribution < 1.29 is 9.47 Å². The minimum Gasteiger partial charge on any atom is -0.376 e. The molecule has 2 aliphatic heterocycles. The molecule has 0 unspecified atom stereocenters. The van der Waals surface area contributed by atoms with E-state index in [0.717, 1.165) is 66.5 Å². The average Bonchev–Trinajstić information content (AvgIpc) is 3.43. The van der Waals surface area contributed by atoms with Crippen LogP contribution in [0.15, 0.2) is 23.0 Å². The largest absolute Gasteiger partial charge is 0.376 e. The van der Waals surface area contributed by atoms with Crippen molar-refractivity contribution in [2.45, 2.75) is 58.3 Å². The first-order valence-corrected chi connectivity index (χ1v) is 11.3. The van der Waals surface area contributed by atoms with Crippen LogP contribution in [-0.2, 0) is 16.0 Å². The molecule has 0 bridgehead atoms. The monoisotopic (exact) mass is 429 g/mol. The summed E-state index contributed by atoms with van der Waals surface area (Å²) in [5, 5.41) is 5.10. The van der Waals surface area contributed by atoms with Crippen LogP contribution in [0.3, 0.4) is 0 Å². The zero-order valence-corrected chi connectivity index (χ0v) is 18.6. The number of pyridine rings is 1. The number of thiocarbonyl (C=S) groups is 1. The van der Waals surface area contributed by atoms with E-state index in [4.69, 9.17) is 21.7 Å². The van der Waals surface area contributed by atoms with Crippen LogP contribution in [0.5, 0.6) is 0 Å². The van der Waals surface area contributed by atoms with Crippen molar-refractivity contribution in [3.63, 3.8) is 0 Å². The highest BCUT2D eigenvalue weighted by Gasteiger charge is 2.23. The summed E-state index contributed by atoms with van der Waals surface area (Å²) in [5.41, 5.74) is 3.79. The van der Waals surface area contributed by atoms with Gasteiger partial charge in [-0.25, -0.2) is 0 Å². The third kappa shape index (κ3) is 4.85. The predicted octanol–water partition coefficient (Wildman–Crippen LogP) is 3.18. The zero-order valence-electron chi connectivity index (χ0n) is 17.8. The first-order valence-electron chi connectivity index (χ1n) is 10.9. The van der Waals surface area contributed by atoms with Crippen LogP contribution in [0.25, 0.3) is 10.9 Å². The molecule has 6 nitrogen and oxygen atoms in total. The number of fused-ring (bicyclic) bond motifs is 1. The summed E-state index contributed by atoms with van der Waals surface area (Å²) in [7, 11) is 0. The van der Waals surface area contributed by atoms with Gasteiger partial charge in [-0.3, -0.25) is 4.79 Å². The lowest BCUT2D eigenvalue weighted by atomic mass is 10.0. The van der Waals surface area contributed by atoms with E-state index in [1.54, 1.807) is 0 Å². The van der Waals surface area contributed by atoms with Gasteiger partial charge in [0.25, 0.3) is 5.56 Å². The number of rotatable bonds is 6. The van der Waals surface area contributed by atoms with Gasteiger partial charge in [0.1, 0.15) is 0 Å². The van der Waals surface area contributed by atoms with Crippen LogP contribution in [-0.4, -0.2) is 53.5 Å². The molecule has 2 N–H and O–H groups in total. The standard InChI is InChI=1S/C23H31N3O3S/c1-15-7-8-16(2)21-20(15)11-17(22(27)25-21)13-26(14-19-6-4-10-29-19)23(30)24-12-18-5-3-9-28-18/h7-8,11,18-19H,3-6,9-10,12-14H2,1-2H3,(H,24,30)(H,25,27)/t18-,19+/m1/s1. The zero-order chi connectivity index (χ0) is 21.1. The highest BCUT2D eigenvalue weighted by Crippen LogP contribution is 2.21. The fraction of sp³-hybridized carbons (Fsp3) is 0.565. The maximum Gasteiger partial charge on any atom is 0.253 e. The Kier molecular flexibility index (Phi) is 6.71. The summed E-state index contributed by atoms with van der Waals surface area (Å²) in [6.07, 6.45) is 4.62. The molecule has 1 aromatic heterocycles. The molecule has 0 radical (unpaired) electrons. The number of benzene rings is 1. The van der Waals surface area contributed by atoms with E-state index in [1.165, 1.54) is 0 Å². The lowest BCUT2D eigenvalue weighted by Crippen LogP contribution is -2.45. The lowest BCUT2D eigenvalue weighted by Gasteiger charge is -2.29. The van der Waals surface area contributed by atoms with Crippen molar-refractivity contribution in [2.24, 2.45) is 0 Å². The van der Waals surface area contributed by atoms with E-state index < -0.39 is 0 Å². The Morgan fingerprint density at radius 1 is 1.17 bits per heavy atom. The molecule has 1 aromatic carbocycles. The molecular formula is C23H31N3O3S. The van der Waals surface area contributed by atoms with E-state index in [-0.39, 0.29) is 17.8 Å². The molecule has 2 fully saturated rings. The van der Waals surface area contributed by atoms with Crippen LogP contribution in [0.4, 0.5) is 0 Å². The number of aromatic nitrogens is 1. The fourth-order valence-electron chi connectivity index (χ4n) is 4.31. The Hall–Kier alpha value is -1.96. The summed E-state index contributed by atoms with van der Waals surface area (Å²) in [6, 6.07) is 6.15. The van der Waals surface area contributed by atoms with Gasteiger partial charge in [0, 0.05) is 37.3 Å². The van der Waals surface area contributed by atoms with Gasteiger partial charge in [0.05, 0.1) is 24.3 Å². The molecule has 2 aliphatic rings. The van der Waals surface area contributed by atoms with Crippen molar-refractivity contribution in [3.8, 4) is 0 Å². The van der Waals surface area contributed by atoms with Crippen LogP contribution >= 0.6 is 12.2 Å². The maximum absolute atomic E-state index is 12.9. The van der Waals surface area contributed by atoms with Crippen molar-refractivity contribution >= 4 is 28.2 Å². The molecule has 2 aromatic rings. The first kappa shape index (κ1) is 21.3. The molecular weight excluding hydrogens is 398 g/mol. The fourth-order valence-corrected chi connectivity index (χ4v) is 4.54. The molecule has 0 amide bonds. The van der Waals surface area contributed by atoms with Crippen molar-refractivity contribution in [1.82, 2.24) is 15.2 Å². The Bertz CT molecular complexity index is 962. The van der Waals surface area contributed by atoms with E-state index >= 15 is 0 Å². The number of aromatic amines is 1. The quantitative estimate of drug-likeness (QED) is 0.688. The number of nitrogens with zero attached hydrogens (tertiary/aromatic N) is 1. The highest BCUT2D eigenvalue weighted by molar-refractivity contribution is 7.80. The number of aryl methyl sites for hydroxylation is 2. The minimum absolute atomic E-state index is 0.0598. The smallest absolute Gasteiger partial charge is 0.253 e. The number of H-pyrrole nitrogens is 1. The molecule has 0 saturated carbocycles. The summed E-state index contributed by atoms with van der Waals surface area (Å²) < 4.78 is 11.6. The van der Waals surface area contributed by atoms with Gasteiger partial charge in [0.15, 0.2) is 5.11 Å². The third-order valence-electron chi connectivity index (χ3n) is 6.12. The van der Waals surface area contributed by atoms with Crippen LogP contribution in [0, 0.1) is 13.8 Å². The Labute approximate surface area is 182 Å². The van der Waals surface area contributed by atoms with Crippen molar-refractivity contribution in [1.29, 1.82) is 0 Å². The summed E-state index contributed by atoms with van der Waals surface area (Å²) in [4.78, 5) is 18.0. The van der Waals surface area contributed by atoms with Gasteiger partial charge in [-0.05, 0) is 68.9 Å². The number of nitrogens with one attached hydrogen (secondary N) is 2. The lowest BCUT2D eigenvalue weighted by molar-refractivity contribution is 0.0885. The van der Waals surface area contributed by atoms with Gasteiger partial charge in [-0.1, -0.05) is 12.1 Å². The van der Waals surface area contributed by atoms with Gasteiger partial charge in [-0.15, -0.1) is 0 Å². The van der Waals surface area contributed by atoms with Crippen LogP contribution in [0.2, 0.25) is 0 Å². The van der Waals surface area contributed by atoms with E-state index in [2.05, 4.69) is 28.2 Å². The molecule has 162 valence electrons. The molecule has 0 spiro atoms. The van der Waals surface area contributed by atoms with E-state index in [9.17, 15) is 4.79 Å². The SMILES string of the molecule is Cc1ccc(C)c2[nH]c(=O)c(CN(C[C@@H]3CCCO3)C(=S)NC[C@H]3CCCO3)cc12. The van der Waals surface area contributed by atoms with Gasteiger partial charge < -0.3 is 24.7 Å². The molecule has 4 rings (SSSR count). The van der Waals surface area contributed by atoms with E-state index in [0.29, 0.717) is 24.7 Å². The molecule has 7 heteroatoms.